The van der Waals surface area contributed by atoms with Gasteiger partial charge in [0.15, 0.2) is 0 Å². The van der Waals surface area contributed by atoms with Gasteiger partial charge in [-0.15, -0.1) is 0 Å². The third kappa shape index (κ3) is 8.85. The van der Waals surface area contributed by atoms with E-state index in [0.717, 1.165) is 27.1 Å². The van der Waals surface area contributed by atoms with E-state index in [1.54, 1.807) is 0 Å². The van der Waals surface area contributed by atoms with Gasteiger partial charge < -0.3 is 1.43 Å². The van der Waals surface area contributed by atoms with Crippen molar-refractivity contribution in [2.24, 2.45) is 11.8 Å². The zero-order valence-corrected chi connectivity index (χ0v) is 11.1. The SMILES string of the molecule is CCC(C)C[CH2][Al+][CH2]CC(C)CC.[H-]. The molecule has 0 heterocycles. The Morgan fingerprint density at radius 3 is 1.62 bits per heavy atom. The maximum atomic E-state index is 2.38. The van der Waals surface area contributed by atoms with Gasteiger partial charge in [0.25, 0.3) is 0 Å². The van der Waals surface area contributed by atoms with E-state index in [4.69, 9.17) is 0 Å². The molecule has 0 nitrogen and oxygen atoms in total. The van der Waals surface area contributed by atoms with E-state index in [2.05, 4.69) is 27.7 Å². The molecule has 0 bridgehead atoms. The van der Waals surface area contributed by atoms with E-state index < -0.39 is 0 Å². The van der Waals surface area contributed by atoms with Crippen LogP contribution in [0, 0.1) is 11.8 Å². The van der Waals surface area contributed by atoms with Gasteiger partial charge in [-0.2, -0.15) is 0 Å². The third-order valence-electron chi connectivity index (χ3n) is 3.12. The van der Waals surface area contributed by atoms with E-state index in [0.29, 0.717) is 0 Å². The van der Waals surface area contributed by atoms with Crippen LogP contribution in [0.15, 0.2) is 0 Å². The summed E-state index contributed by atoms with van der Waals surface area (Å²) >= 11 is 0.765. The zero-order valence-electron chi connectivity index (χ0n) is 11.0. The van der Waals surface area contributed by atoms with Crippen LogP contribution in [0.4, 0.5) is 0 Å². The molecule has 0 amide bonds. The van der Waals surface area contributed by atoms with Crippen molar-refractivity contribution in [2.75, 3.05) is 0 Å². The Morgan fingerprint density at radius 2 is 1.31 bits per heavy atom. The fourth-order valence-corrected chi connectivity index (χ4v) is 3.26. The van der Waals surface area contributed by atoms with E-state index in [1.807, 2.05) is 0 Å². The minimum atomic E-state index is 0. The van der Waals surface area contributed by atoms with Crippen LogP contribution in [-0.2, 0) is 0 Å². The molecule has 13 heavy (non-hydrogen) atoms. The van der Waals surface area contributed by atoms with E-state index in [-0.39, 0.29) is 1.43 Å². The molecule has 0 saturated carbocycles. The Balaban J connectivity index is 0. The molecule has 0 aliphatic heterocycles. The van der Waals surface area contributed by atoms with Gasteiger partial charge in [-0.05, 0) is 0 Å². The molecule has 0 rings (SSSR count). The molecular formula is C12H27Al. The molecule has 1 heteroatoms. The first-order valence-electron chi connectivity index (χ1n) is 6.02. The maximum Gasteiger partial charge on any atom is -1.00 e. The number of hydrogen-bond donors (Lipinski definition) is 0. The monoisotopic (exact) mass is 198 g/mol. The summed E-state index contributed by atoms with van der Waals surface area (Å²) < 4.78 is 0. The second-order valence-electron chi connectivity index (χ2n) is 4.47. The molecule has 2 unspecified atom stereocenters. The first-order chi connectivity index (χ1) is 6.20. The summed E-state index contributed by atoms with van der Waals surface area (Å²) in [6.07, 6.45) is 5.69. The van der Waals surface area contributed by atoms with Crippen LogP contribution < -0.4 is 0 Å². The summed E-state index contributed by atoms with van der Waals surface area (Å²) in [7, 11) is 0. The maximum absolute atomic E-state index is 2.38. The Morgan fingerprint density at radius 1 is 0.923 bits per heavy atom. The molecule has 2 atom stereocenters. The fourth-order valence-electron chi connectivity index (χ4n) is 1.36. The van der Waals surface area contributed by atoms with Crippen molar-refractivity contribution in [3.63, 3.8) is 0 Å². The number of rotatable bonds is 8. The molecule has 0 fully saturated rings. The summed E-state index contributed by atoms with van der Waals surface area (Å²) in [4.78, 5) is 0. The Kier molecular flexibility index (Phi) is 9.47. The van der Waals surface area contributed by atoms with Gasteiger partial charge in [-0.1, -0.05) is 0 Å². The molecular weight excluding hydrogens is 171 g/mol. The Bertz CT molecular complexity index is 94.5. The van der Waals surface area contributed by atoms with Crippen molar-refractivity contribution in [3.05, 3.63) is 0 Å². The molecule has 0 spiro atoms. The van der Waals surface area contributed by atoms with Gasteiger partial charge in [-0.25, -0.2) is 0 Å². The van der Waals surface area contributed by atoms with Gasteiger partial charge in [-0.3, -0.25) is 0 Å². The summed E-state index contributed by atoms with van der Waals surface area (Å²) in [6, 6.07) is 0. The van der Waals surface area contributed by atoms with E-state index in [9.17, 15) is 0 Å². The minimum Gasteiger partial charge on any atom is -1.00 e. The van der Waals surface area contributed by atoms with Crippen molar-refractivity contribution in [1.29, 1.82) is 0 Å². The van der Waals surface area contributed by atoms with Crippen LogP contribution in [0.5, 0.6) is 0 Å². The van der Waals surface area contributed by atoms with Crippen molar-refractivity contribution in [3.8, 4) is 0 Å². The van der Waals surface area contributed by atoms with Crippen LogP contribution in [0.2, 0.25) is 10.6 Å². The second kappa shape index (κ2) is 9.10. The van der Waals surface area contributed by atoms with Gasteiger partial charge >= 0.3 is 91.0 Å². The Hall–Kier alpha value is 0.532. The van der Waals surface area contributed by atoms with Crippen molar-refractivity contribution < 1.29 is 1.43 Å². The summed E-state index contributed by atoms with van der Waals surface area (Å²) in [6.45, 7) is 9.38. The van der Waals surface area contributed by atoms with Crippen LogP contribution in [0.1, 0.15) is 54.8 Å². The first kappa shape index (κ1) is 13.5. The normalized spacial score (nSPS) is 15.1. The molecule has 0 aromatic rings. The van der Waals surface area contributed by atoms with Crippen LogP contribution in [0.25, 0.3) is 0 Å². The second-order valence-corrected chi connectivity index (χ2v) is 6.20. The van der Waals surface area contributed by atoms with Gasteiger partial charge in [0, 0.05) is 0 Å². The minimum absolute atomic E-state index is 0. The molecule has 78 valence electrons. The van der Waals surface area contributed by atoms with Gasteiger partial charge in [0.05, 0.1) is 0 Å². The number of hydrogen-bond acceptors (Lipinski definition) is 0. The topological polar surface area (TPSA) is 0 Å². The molecule has 0 aromatic heterocycles. The Labute approximate surface area is 92.7 Å². The smallest absolute Gasteiger partial charge is 1.00 e. The predicted octanol–water partition coefficient (Wildman–Crippen LogP) is 4.51. The largest absolute Gasteiger partial charge is 1.00 e. The first-order valence-corrected chi connectivity index (χ1v) is 7.65. The molecule has 0 aromatic carbocycles. The fraction of sp³-hybridized carbons (Fsp3) is 1.00. The van der Waals surface area contributed by atoms with Crippen LogP contribution in [0.3, 0.4) is 0 Å². The summed E-state index contributed by atoms with van der Waals surface area (Å²) in [5.74, 6) is 1.94. The van der Waals surface area contributed by atoms with Crippen molar-refractivity contribution in [2.45, 2.75) is 63.9 Å². The molecule has 0 N–H and O–H groups in total. The van der Waals surface area contributed by atoms with Gasteiger partial charge in [0.1, 0.15) is 0 Å². The zero-order chi connectivity index (χ0) is 10.1. The van der Waals surface area contributed by atoms with Crippen molar-refractivity contribution >= 4 is 15.2 Å². The predicted molar refractivity (Wildman–Crippen MR) is 64.6 cm³/mol. The van der Waals surface area contributed by atoms with Crippen molar-refractivity contribution in [1.82, 2.24) is 0 Å². The van der Waals surface area contributed by atoms with E-state index in [1.165, 1.54) is 36.2 Å². The summed E-state index contributed by atoms with van der Waals surface area (Å²) in [5, 5.41) is 3.07. The molecule has 0 radical (unpaired) electrons. The average molecular weight is 198 g/mol. The standard InChI is InChI=1S/2C6H13.Al.H/c2*1-4-6(3)5-2;;/h2*6H,1,4-5H2,2-3H3;;/q;;+1;-1. The summed E-state index contributed by atoms with van der Waals surface area (Å²) in [5.41, 5.74) is 0. The third-order valence-corrected chi connectivity index (χ3v) is 4.60. The average Bonchev–Trinajstić information content (AvgIpc) is 2.16. The van der Waals surface area contributed by atoms with Crippen LogP contribution >= 0.6 is 0 Å². The molecule has 0 saturated heterocycles. The molecule has 0 aliphatic carbocycles. The van der Waals surface area contributed by atoms with Crippen LogP contribution in [-0.4, -0.2) is 15.2 Å². The quantitative estimate of drug-likeness (QED) is 0.397. The van der Waals surface area contributed by atoms with E-state index >= 15 is 0 Å². The molecule has 0 aliphatic rings. The van der Waals surface area contributed by atoms with Gasteiger partial charge in [0.2, 0.25) is 0 Å².